The predicted octanol–water partition coefficient (Wildman–Crippen LogP) is 11.9. The highest BCUT2D eigenvalue weighted by Gasteiger charge is 2.26. The standard InChI is InChI=1S/C39H78NO6P/c1-4-7-9-11-13-15-17-19-20-22-24-26-28-30-32-34-39(42)40-37(36-46-47(43,44)45-35-6-3)38(41)33-31-29-27-25-23-21-18-16-14-12-10-8-5-2/h31,33,37-38,41H,4-30,32,34-36H2,1-3H3,(H,40,42)(H,43,44)/b33-31-. The summed E-state index contributed by atoms with van der Waals surface area (Å²) < 4.78 is 22.3. The van der Waals surface area contributed by atoms with E-state index in [-0.39, 0.29) is 19.1 Å². The van der Waals surface area contributed by atoms with E-state index in [2.05, 4.69) is 19.2 Å². The number of hydrogen-bond acceptors (Lipinski definition) is 5. The molecule has 0 radical (unpaired) electrons. The summed E-state index contributed by atoms with van der Waals surface area (Å²) in [5.41, 5.74) is 0. The lowest BCUT2D eigenvalue weighted by molar-refractivity contribution is -0.123. The fraction of sp³-hybridized carbons (Fsp3) is 0.923. The van der Waals surface area contributed by atoms with E-state index in [1.54, 1.807) is 6.08 Å². The maximum Gasteiger partial charge on any atom is 0.472 e. The third-order valence-corrected chi connectivity index (χ3v) is 9.93. The second kappa shape index (κ2) is 35.1. The summed E-state index contributed by atoms with van der Waals surface area (Å²) in [5, 5.41) is 13.7. The van der Waals surface area contributed by atoms with Crippen LogP contribution < -0.4 is 5.32 Å². The summed E-state index contributed by atoms with van der Waals surface area (Å²) in [7, 11) is -4.25. The molecule has 0 aromatic carbocycles. The molecular weight excluding hydrogens is 609 g/mol. The first-order valence-electron chi connectivity index (χ1n) is 20.1. The average molecular weight is 688 g/mol. The second-order valence-electron chi connectivity index (χ2n) is 13.7. The van der Waals surface area contributed by atoms with Gasteiger partial charge in [0.15, 0.2) is 0 Å². The number of unbranched alkanes of at least 4 members (excludes halogenated alkanes) is 25. The summed E-state index contributed by atoms with van der Waals surface area (Å²) in [6.07, 6.45) is 37.6. The Morgan fingerprint density at radius 2 is 1.02 bits per heavy atom. The van der Waals surface area contributed by atoms with Gasteiger partial charge in [-0.2, -0.15) is 0 Å². The molecule has 280 valence electrons. The molecule has 0 aliphatic carbocycles. The number of aliphatic hydroxyl groups excluding tert-OH is 1. The fourth-order valence-electron chi connectivity index (χ4n) is 5.88. The fourth-order valence-corrected chi connectivity index (χ4v) is 6.71. The van der Waals surface area contributed by atoms with Gasteiger partial charge in [-0.1, -0.05) is 187 Å². The summed E-state index contributed by atoms with van der Waals surface area (Å²) in [6.45, 7) is 6.16. The number of amides is 1. The zero-order valence-electron chi connectivity index (χ0n) is 31.2. The van der Waals surface area contributed by atoms with Gasteiger partial charge in [-0.25, -0.2) is 4.57 Å². The summed E-state index contributed by atoms with van der Waals surface area (Å²) in [6, 6.07) is -0.821. The van der Waals surface area contributed by atoms with Crippen LogP contribution in [0.2, 0.25) is 0 Å². The summed E-state index contributed by atoms with van der Waals surface area (Å²) in [5.74, 6) is -0.173. The van der Waals surface area contributed by atoms with Crippen molar-refractivity contribution in [3.63, 3.8) is 0 Å². The number of hydrogen-bond donors (Lipinski definition) is 3. The van der Waals surface area contributed by atoms with Crippen LogP contribution in [0.15, 0.2) is 12.2 Å². The van der Waals surface area contributed by atoms with Crippen molar-refractivity contribution >= 4 is 13.7 Å². The van der Waals surface area contributed by atoms with Gasteiger partial charge in [0.1, 0.15) is 0 Å². The first-order valence-corrected chi connectivity index (χ1v) is 21.6. The minimum absolute atomic E-state index is 0.103. The van der Waals surface area contributed by atoms with E-state index >= 15 is 0 Å². The van der Waals surface area contributed by atoms with Gasteiger partial charge < -0.3 is 15.3 Å². The molecule has 47 heavy (non-hydrogen) atoms. The van der Waals surface area contributed by atoms with Crippen molar-refractivity contribution in [3.8, 4) is 0 Å². The van der Waals surface area contributed by atoms with Gasteiger partial charge in [0.2, 0.25) is 5.91 Å². The maximum atomic E-state index is 12.7. The number of allylic oxidation sites excluding steroid dienone is 1. The Morgan fingerprint density at radius 3 is 1.45 bits per heavy atom. The minimum atomic E-state index is -4.25. The monoisotopic (exact) mass is 688 g/mol. The molecule has 0 aliphatic heterocycles. The summed E-state index contributed by atoms with van der Waals surface area (Å²) in [4.78, 5) is 22.7. The molecule has 0 aromatic rings. The number of carbonyl (C=O) groups excluding carboxylic acids is 1. The van der Waals surface area contributed by atoms with E-state index in [0.717, 1.165) is 32.1 Å². The molecule has 3 N–H and O–H groups in total. The number of phosphoric acid groups is 1. The van der Waals surface area contributed by atoms with E-state index in [1.165, 1.54) is 141 Å². The third-order valence-electron chi connectivity index (χ3n) is 8.95. The highest BCUT2D eigenvalue weighted by Crippen LogP contribution is 2.43. The van der Waals surface area contributed by atoms with E-state index in [9.17, 15) is 19.4 Å². The van der Waals surface area contributed by atoms with Crippen LogP contribution in [0.3, 0.4) is 0 Å². The number of rotatable bonds is 37. The van der Waals surface area contributed by atoms with Crippen molar-refractivity contribution in [2.45, 2.75) is 219 Å². The Kier molecular flexibility index (Phi) is 34.6. The van der Waals surface area contributed by atoms with Crippen molar-refractivity contribution in [1.29, 1.82) is 0 Å². The number of nitrogens with one attached hydrogen (secondary N) is 1. The average Bonchev–Trinajstić information content (AvgIpc) is 3.05. The molecule has 7 nitrogen and oxygen atoms in total. The normalized spacial score (nSPS) is 14.4. The van der Waals surface area contributed by atoms with E-state index < -0.39 is 20.0 Å². The van der Waals surface area contributed by atoms with E-state index in [4.69, 9.17) is 9.05 Å². The molecular formula is C39H78NO6P. The summed E-state index contributed by atoms with van der Waals surface area (Å²) >= 11 is 0. The van der Waals surface area contributed by atoms with Crippen LogP contribution in [0, 0.1) is 0 Å². The van der Waals surface area contributed by atoms with E-state index in [0.29, 0.717) is 12.8 Å². The van der Waals surface area contributed by atoms with Crippen molar-refractivity contribution in [2.24, 2.45) is 0 Å². The van der Waals surface area contributed by atoms with Crippen LogP contribution in [0.5, 0.6) is 0 Å². The molecule has 1 amide bonds. The Hall–Kier alpha value is -0.720. The molecule has 0 fully saturated rings. The van der Waals surface area contributed by atoms with Crippen LogP contribution in [-0.4, -0.2) is 41.3 Å². The quantitative estimate of drug-likeness (QED) is 0.0341. The van der Waals surface area contributed by atoms with Crippen LogP contribution in [0.25, 0.3) is 0 Å². The minimum Gasteiger partial charge on any atom is -0.387 e. The van der Waals surface area contributed by atoms with Gasteiger partial charge >= 0.3 is 7.82 Å². The zero-order valence-corrected chi connectivity index (χ0v) is 32.1. The van der Waals surface area contributed by atoms with Gasteiger partial charge in [0, 0.05) is 6.42 Å². The highest BCUT2D eigenvalue weighted by molar-refractivity contribution is 7.47. The van der Waals surface area contributed by atoms with Crippen LogP contribution in [0.4, 0.5) is 0 Å². The first kappa shape index (κ1) is 46.3. The molecule has 3 atom stereocenters. The number of carbonyl (C=O) groups is 1. The van der Waals surface area contributed by atoms with Crippen molar-refractivity contribution in [3.05, 3.63) is 12.2 Å². The van der Waals surface area contributed by atoms with Crippen LogP contribution in [-0.2, 0) is 18.4 Å². The lowest BCUT2D eigenvalue weighted by atomic mass is 10.0. The second-order valence-corrected chi connectivity index (χ2v) is 15.2. The van der Waals surface area contributed by atoms with Gasteiger partial charge in [-0.3, -0.25) is 13.8 Å². The van der Waals surface area contributed by atoms with E-state index in [1.807, 2.05) is 13.0 Å². The largest absolute Gasteiger partial charge is 0.472 e. The molecule has 8 heteroatoms. The Morgan fingerprint density at radius 1 is 0.617 bits per heavy atom. The molecule has 0 bridgehead atoms. The SMILES string of the molecule is CCCCCCCCCCCCC/C=C\C(O)C(COP(=O)(O)OCCC)NC(=O)CCCCCCCCCCCCCCCCC. The Bertz CT molecular complexity index is 749. The molecule has 0 aromatic heterocycles. The van der Waals surface area contributed by atoms with Crippen molar-refractivity contribution < 1.29 is 28.4 Å². The van der Waals surface area contributed by atoms with Crippen molar-refractivity contribution in [2.75, 3.05) is 13.2 Å². The lowest BCUT2D eigenvalue weighted by Crippen LogP contribution is -2.45. The van der Waals surface area contributed by atoms with Gasteiger partial charge in [-0.05, 0) is 25.7 Å². The molecule has 0 rings (SSSR count). The molecule has 0 saturated heterocycles. The molecule has 0 heterocycles. The Balaban J connectivity index is 4.26. The van der Waals surface area contributed by atoms with Crippen molar-refractivity contribution in [1.82, 2.24) is 5.32 Å². The topological polar surface area (TPSA) is 105 Å². The first-order chi connectivity index (χ1) is 22.9. The highest BCUT2D eigenvalue weighted by atomic mass is 31.2. The lowest BCUT2D eigenvalue weighted by Gasteiger charge is -2.23. The zero-order chi connectivity index (χ0) is 34.7. The molecule has 0 spiro atoms. The van der Waals surface area contributed by atoms with Gasteiger partial charge in [-0.15, -0.1) is 0 Å². The van der Waals surface area contributed by atoms with Gasteiger partial charge in [0.05, 0.1) is 25.4 Å². The molecule has 3 unspecified atom stereocenters. The number of aliphatic hydroxyl groups is 1. The Labute approximate surface area is 291 Å². The predicted molar refractivity (Wildman–Crippen MR) is 200 cm³/mol. The smallest absolute Gasteiger partial charge is 0.387 e. The molecule has 0 saturated carbocycles. The van der Waals surface area contributed by atoms with Crippen LogP contribution >= 0.6 is 7.82 Å². The number of phosphoric ester groups is 1. The third kappa shape index (κ3) is 33.5. The van der Waals surface area contributed by atoms with Gasteiger partial charge in [0.25, 0.3) is 0 Å². The van der Waals surface area contributed by atoms with Crippen LogP contribution in [0.1, 0.15) is 207 Å². The maximum absolute atomic E-state index is 12.7. The molecule has 0 aliphatic rings.